The molecule has 1 aromatic heterocycles. The molecule has 0 spiro atoms. The highest BCUT2D eigenvalue weighted by Gasteiger charge is 2.15. The molecule has 2 rings (SSSR count). The van der Waals surface area contributed by atoms with Gasteiger partial charge in [0.15, 0.2) is 0 Å². The number of carbonyl (C=O) groups is 1. The van der Waals surface area contributed by atoms with Crippen molar-refractivity contribution in [1.29, 1.82) is 0 Å². The third-order valence-electron chi connectivity index (χ3n) is 3.01. The zero-order chi connectivity index (χ0) is 13.7. The Bertz CT molecular complexity index is 414. The lowest BCUT2D eigenvalue weighted by Crippen LogP contribution is -2.46. The average molecular weight is 267 g/mol. The van der Waals surface area contributed by atoms with Crippen LogP contribution in [0.1, 0.15) is 6.92 Å². The van der Waals surface area contributed by atoms with Crippen LogP contribution >= 0.6 is 0 Å². The monoisotopic (exact) mass is 267 g/mol. The quantitative estimate of drug-likeness (QED) is 0.737. The summed E-state index contributed by atoms with van der Waals surface area (Å²) >= 11 is 0. The fraction of sp³-hybridized carbons (Fsp3) is 0.667. The minimum absolute atomic E-state index is 0.0520. The number of hydrogen-bond donors (Lipinski definition) is 2. The minimum Gasteiger partial charge on any atom is -0.382 e. The van der Waals surface area contributed by atoms with Crippen LogP contribution in [0, 0.1) is 0 Å². The van der Waals surface area contributed by atoms with Gasteiger partial charge in [-0.1, -0.05) is 0 Å². The Morgan fingerprint density at radius 2 is 2.32 bits per heavy atom. The van der Waals surface area contributed by atoms with Gasteiger partial charge in [0.2, 0.25) is 5.91 Å². The molecule has 1 aliphatic rings. The van der Waals surface area contributed by atoms with E-state index >= 15 is 0 Å². The van der Waals surface area contributed by atoms with Gasteiger partial charge in [-0.25, -0.2) is 0 Å². The molecule has 1 aromatic rings. The van der Waals surface area contributed by atoms with Crippen LogP contribution in [-0.4, -0.2) is 59.5 Å². The van der Waals surface area contributed by atoms with Gasteiger partial charge in [-0.05, 0) is 13.0 Å². The molecule has 1 atom stereocenters. The second-order valence-corrected chi connectivity index (χ2v) is 4.82. The van der Waals surface area contributed by atoms with Crippen molar-refractivity contribution < 1.29 is 9.53 Å². The largest absolute Gasteiger partial charge is 0.382 e. The molecule has 0 radical (unpaired) electrons. The summed E-state index contributed by atoms with van der Waals surface area (Å²) in [5.41, 5.74) is 5.50. The number of amides is 1. The Labute approximate surface area is 112 Å². The van der Waals surface area contributed by atoms with Gasteiger partial charge in [0, 0.05) is 31.9 Å². The topological polar surface area (TPSA) is 85.4 Å². The van der Waals surface area contributed by atoms with E-state index < -0.39 is 0 Å². The van der Waals surface area contributed by atoms with Crippen molar-refractivity contribution in [1.82, 2.24) is 20.0 Å². The Balaban J connectivity index is 1.71. The summed E-state index contributed by atoms with van der Waals surface area (Å²) in [6.07, 6.45) is 1.70. The van der Waals surface area contributed by atoms with Crippen molar-refractivity contribution in [2.75, 3.05) is 38.6 Å². The molecule has 0 aromatic carbocycles. The number of nitrogen functional groups attached to an aromatic ring is 1. The molecule has 7 nitrogen and oxygen atoms in total. The normalized spacial score (nSPS) is 18.2. The molecule has 2 heterocycles. The fourth-order valence-corrected chi connectivity index (χ4v) is 2.15. The van der Waals surface area contributed by atoms with Gasteiger partial charge in [-0.15, -0.1) is 0 Å². The number of aromatic nitrogens is 2. The fourth-order valence-electron chi connectivity index (χ4n) is 2.15. The molecule has 3 N–H and O–H groups in total. The Morgan fingerprint density at radius 1 is 1.58 bits per heavy atom. The predicted molar refractivity (Wildman–Crippen MR) is 71.5 cm³/mol. The maximum atomic E-state index is 11.8. The number of hydrogen-bond acceptors (Lipinski definition) is 5. The molecule has 19 heavy (non-hydrogen) atoms. The first-order chi connectivity index (χ1) is 9.13. The van der Waals surface area contributed by atoms with Gasteiger partial charge < -0.3 is 15.8 Å². The number of nitrogens with zero attached hydrogens (tertiary/aromatic N) is 3. The summed E-state index contributed by atoms with van der Waals surface area (Å²) in [6.45, 7) is 6.44. The first-order valence-corrected chi connectivity index (χ1v) is 6.52. The zero-order valence-electron chi connectivity index (χ0n) is 11.2. The van der Waals surface area contributed by atoms with E-state index in [1.54, 1.807) is 12.3 Å². The highest BCUT2D eigenvalue weighted by molar-refractivity contribution is 5.75. The second kappa shape index (κ2) is 6.53. The van der Waals surface area contributed by atoms with Crippen molar-refractivity contribution in [2.24, 2.45) is 0 Å². The smallest absolute Gasteiger partial charge is 0.241 e. The lowest BCUT2D eigenvalue weighted by atomic mass is 10.3. The van der Waals surface area contributed by atoms with Gasteiger partial charge >= 0.3 is 0 Å². The third-order valence-corrected chi connectivity index (χ3v) is 3.01. The van der Waals surface area contributed by atoms with Crippen LogP contribution in [0.4, 0.5) is 5.82 Å². The standard InChI is InChI=1S/C12H21N5O2/c1-10(8-16-4-6-19-7-5-16)14-12(18)9-17-3-2-11(13)15-17/h2-3,10H,4-9H2,1H3,(H2,13,15)(H,14,18). The molecule has 0 saturated carbocycles. The van der Waals surface area contributed by atoms with Crippen LogP contribution in [-0.2, 0) is 16.1 Å². The first kappa shape index (κ1) is 13.8. The van der Waals surface area contributed by atoms with Crippen LogP contribution in [0.25, 0.3) is 0 Å². The molecular weight excluding hydrogens is 246 g/mol. The minimum atomic E-state index is -0.0520. The number of nitrogens with two attached hydrogens (primary N) is 1. The van der Waals surface area contributed by atoms with Gasteiger partial charge in [-0.3, -0.25) is 14.4 Å². The van der Waals surface area contributed by atoms with Crippen LogP contribution in [0.5, 0.6) is 0 Å². The van der Waals surface area contributed by atoms with E-state index in [0.717, 1.165) is 32.8 Å². The Morgan fingerprint density at radius 3 is 2.95 bits per heavy atom. The number of anilines is 1. The van der Waals surface area contributed by atoms with Gasteiger partial charge in [0.25, 0.3) is 0 Å². The number of carbonyl (C=O) groups excluding carboxylic acids is 1. The number of rotatable bonds is 5. The van der Waals surface area contributed by atoms with Crippen LogP contribution < -0.4 is 11.1 Å². The van der Waals surface area contributed by atoms with E-state index in [9.17, 15) is 4.79 Å². The van der Waals surface area contributed by atoms with E-state index in [-0.39, 0.29) is 18.5 Å². The van der Waals surface area contributed by atoms with Crippen molar-refractivity contribution in [3.63, 3.8) is 0 Å². The molecule has 0 aliphatic carbocycles. The lowest BCUT2D eigenvalue weighted by molar-refractivity contribution is -0.122. The Hall–Kier alpha value is -1.60. The van der Waals surface area contributed by atoms with Crippen molar-refractivity contribution in [3.8, 4) is 0 Å². The van der Waals surface area contributed by atoms with E-state index in [1.165, 1.54) is 4.68 Å². The van der Waals surface area contributed by atoms with E-state index in [2.05, 4.69) is 15.3 Å². The zero-order valence-corrected chi connectivity index (χ0v) is 11.2. The molecule has 1 unspecified atom stereocenters. The van der Waals surface area contributed by atoms with Crippen molar-refractivity contribution in [2.45, 2.75) is 19.5 Å². The number of morpholine rings is 1. The second-order valence-electron chi connectivity index (χ2n) is 4.82. The van der Waals surface area contributed by atoms with E-state index in [1.807, 2.05) is 6.92 Å². The predicted octanol–water partition coefficient (Wildman–Crippen LogP) is -0.698. The number of ether oxygens (including phenoxy) is 1. The van der Waals surface area contributed by atoms with Crippen LogP contribution in [0.15, 0.2) is 12.3 Å². The van der Waals surface area contributed by atoms with Crippen LogP contribution in [0.3, 0.4) is 0 Å². The molecule has 0 bridgehead atoms. The maximum absolute atomic E-state index is 11.8. The summed E-state index contributed by atoms with van der Waals surface area (Å²) in [7, 11) is 0. The lowest BCUT2D eigenvalue weighted by Gasteiger charge is -2.29. The molecule has 1 saturated heterocycles. The van der Waals surface area contributed by atoms with Crippen molar-refractivity contribution in [3.05, 3.63) is 12.3 Å². The summed E-state index contributed by atoms with van der Waals surface area (Å²) in [5.74, 6) is 0.373. The molecule has 7 heteroatoms. The molecule has 106 valence electrons. The summed E-state index contributed by atoms with van der Waals surface area (Å²) in [6, 6.07) is 1.78. The molecule has 1 aliphatic heterocycles. The molecule has 1 fully saturated rings. The maximum Gasteiger partial charge on any atom is 0.241 e. The average Bonchev–Trinajstić information content (AvgIpc) is 2.75. The highest BCUT2D eigenvalue weighted by atomic mass is 16.5. The van der Waals surface area contributed by atoms with Gasteiger partial charge in [0.1, 0.15) is 12.4 Å². The van der Waals surface area contributed by atoms with Gasteiger partial charge in [-0.2, -0.15) is 5.10 Å². The Kier molecular flexibility index (Phi) is 4.75. The SMILES string of the molecule is CC(CN1CCOCC1)NC(=O)Cn1ccc(N)n1. The molecule has 1 amide bonds. The van der Waals surface area contributed by atoms with E-state index in [4.69, 9.17) is 10.5 Å². The summed E-state index contributed by atoms with van der Waals surface area (Å²) in [4.78, 5) is 14.1. The third kappa shape index (κ3) is 4.53. The number of nitrogens with one attached hydrogen (secondary N) is 1. The highest BCUT2D eigenvalue weighted by Crippen LogP contribution is 1.99. The molecular formula is C12H21N5O2. The van der Waals surface area contributed by atoms with Gasteiger partial charge in [0.05, 0.1) is 13.2 Å². The summed E-state index contributed by atoms with van der Waals surface area (Å²) in [5, 5.41) is 6.94. The van der Waals surface area contributed by atoms with Crippen molar-refractivity contribution >= 4 is 11.7 Å². The summed E-state index contributed by atoms with van der Waals surface area (Å²) < 4.78 is 6.83. The van der Waals surface area contributed by atoms with Crippen LogP contribution in [0.2, 0.25) is 0 Å². The van der Waals surface area contributed by atoms with E-state index in [0.29, 0.717) is 5.82 Å². The first-order valence-electron chi connectivity index (χ1n) is 6.52.